The monoisotopic (exact) mass is 828 g/mol. The van der Waals surface area contributed by atoms with E-state index in [4.69, 9.17) is 4.42 Å². The van der Waals surface area contributed by atoms with Crippen molar-refractivity contribution in [2.45, 2.75) is 38.5 Å². The molecule has 2 aliphatic carbocycles. The van der Waals surface area contributed by atoms with Gasteiger partial charge in [0.15, 0.2) is 0 Å². The van der Waals surface area contributed by atoms with Gasteiger partial charge < -0.3 is 4.42 Å². The third-order valence-electron chi connectivity index (χ3n) is 15.4. The van der Waals surface area contributed by atoms with Gasteiger partial charge in [-0.3, -0.25) is 0 Å². The van der Waals surface area contributed by atoms with Gasteiger partial charge in [0, 0.05) is 27.0 Å². The second-order valence-corrected chi connectivity index (χ2v) is 19.5. The second kappa shape index (κ2) is 12.9. The first-order chi connectivity index (χ1) is 31.8. The highest BCUT2D eigenvalue weighted by Gasteiger charge is 2.41. The Bertz CT molecular complexity index is 4000. The van der Waals surface area contributed by atoms with Gasteiger partial charge in [-0.25, -0.2) is 0 Å². The van der Waals surface area contributed by atoms with Gasteiger partial charge in [-0.05, 0) is 140 Å². The molecule has 14 rings (SSSR count). The first-order valence-corrected chi connectivity index (χ1v) is 23.0. The van der Waals surface area contributed by atoms with Gasteiger partial charge in [0.05, 0.1) is 0 Å². The predicted molar refractivity (Wildman–Crippen MR) is 275 cm³/mol. The van der Waals surface area contributed by atoms with E-state index >= 15 is 0 Å². The summed E-state index contributed by atoms with van der Waals surface area (Å²) in [4.78, 5) is 0. The maximum atomic E-state index is 6.66. The maximum absolute atomic E-state index is 6.66. The summed E-state index contributed by atoms with van der Waals surface area (Å²) in [5.74, 6) is 0. The van der Waals surface area contributed by atoms with Crippen LogP contribution in [-0.4, -0.2) is 0 Å². The first-order valence-electron chi connectivity index (χ1n) is 23.0. The quantitative estimate of drug-likeness (QED) is 0.162. The van der Waals surface area contributed by atoms with Crippen molar-refractivity contribution >= 4 is 65.0 Å². The SMILES string of the molecule is CC1(C)c2cc(-c3ccc4c(c3)C(C)(C)c3c-4c4c5ccccc5oc4c4ccccc34)ccc2-c2ccc(-c3c4ccccc4c(-c4cccc5ccccc45)c4ccccc34)cc21. The fourth-order valence-corrected chi connectivity index (χ4v) is 12.4. The molecular weight excluding hydrogens is 785 g/mol. The van der Waals surface area contributed by atoms with Gasteiger partial charge >= 0.3 is 0 Å². The molecule has 0 saturated carbocycles. The summed E-state index contributed by atoms with van der Waals surface area (Å²) in [6, 6.07) is 72.6. The molecule has 1 nitrogen and oxygen atoms in total. The first kappa shape index (κ1) is 36.7. The number of rotatable bonds is 3. The van der Waals surface area contributed by atoms with Crippen LogP contribution in [0.2, 0.25) is 0 Å². The third-order valence-corrected chi connectivity index (χ3v) is 15.4. The molecule has 1 aromatic heterocycles. The largest absolute Gasteiger partial charge is 0.455 e. The van der Waals surface area contributed by atoms with Crippen LogP contribution in [0, 0.1) is 0 Å². The van der Waals surface area contributed by atoms with Gasteiger partial charge in [0.1, 0.15) is 11.2 Å². The van der Waals surface area contributed by atoms with E-state index < -0.39 is 0 Å². The second-order valence-electron chi connectivity index (χ2n) is 19.5. The van der Waals surface area contributed by atoms with Gasteiger partial charge in [0.2, 0.25) is 0 Å². The van der Waals surface area contributed by atoms with Crippen molar-refractivity contribution in [2.75, 3.05) is 0 Å². The molecule has 0 unspecified atom stereocenters. The minimum Gasteiger partial charge on any atom is -0.455 e. The van der Waals surface area contributed by atoms with Crippen LogP contribution in [-0.2, 0) is 10.8 Å². The number of benzene rings is 11. The fourth-order valence-electron chi connectivity index (χ4n) is 12.4. The Kier molecular flexibility index (Phi) is 7.30. The van der Waals surface area contributed by atoms with E-state index in [0.29, 0.717) is 0 Å². The molecule has 11 aromatic carbocycles. The lowest BCUT2D eigenvalue weighted by Crippen LogP contribution is -2.16. The van der Waals surface area contributed by atoms with Crippen LogP contribution in [0.1, 0.15) is 49.9 Å². The fraction of sp³-hybridized carbons (Fsp3) is 0.0938. The van der Waals surface area contributed by atoms with Crippen molar-refractivity contribution in [1.82, 2.24) is 0 Å². The van der Waals surface area contributed by atoms with Crippen molar-refractivity contribution in [1.29, 1.82) is 0 Å². The maximum Gasteiger partial charge on any atom is 0.143 e. The normalized spacial score (nSPS) is 14.4. The van der Waals surface area contributed by atoms with Crippen LogP contribution in [0.4, 0.5) is 0 Å². The number of furan rings is 1. The van der Waals surface area contributed by atoms with Crippen LogP contribution in [0.15, 0.2) is 199 Å². The summed E-state index contributed by atoms with van der Waals surface area (Å²) < 4.78 is 6.66. The van der Waals surface area contributed by atoms with Crippen molar-refractivity contribution in [3.05, 3.63) is 216 Å². The molecule has 0 atom stereocenters. The average Bonchev–Trinajstić information content (AvgIpc) is 3.92. The van der Waals surface area contributed by atoms with Crippen molar-refractivity contribution in [3.63, 3.8) is 0 Å². The Morgan fingerprint density at radius 3 is 1.46 bits per heavy atom. The summed E-state index contributed by atoms with van der Waals surface area (Å²) in [5, 5.41) is 12.5. The minimum atomic E-state index is -0.211. The summed E-state index contributed by atoms with van der Waals surface area (Å²) in [6.07, 6.45) is 0. The molecule has 0 spiro atoms. The van der Waals surface area contributed by atoms with Crippen LogP contribution in [0.5, 0.6) is 0 Å². The molecule has 0 radical (unpaired) electrons. The van der Waals surface area contributed by atoms with E-state index in [2.05, 4.69) is 222 Å². The van der Waals surface area contributed by atoms with Crippen LogP contribution in [0.25, 0.3) is 121 Å². The minimum absolute atomic E-state index is 0.204. The molecular formula is C64H44O. The number of hydrogen-bond donors (Lipinski definition) is 0. The summed E-state index contributed by atoms with van der Waals surface area (Å²) >= 11 is 0. The molecule has 0 saturated heterocycles. The lowest BCUT2D eigenvalue weighted by molar-refractivity contribution is 0.660. The van der Waals surface area contributed by atoms with E-state index in [0.717, 1.165) is 11.2 Å². The average molecular weight is 829 g/mol. The Morgan fingerprint density at radius 1 is 0.323 bits per heavy atom. The van der Waals surface area contributed by atoms with E-state index in [1.54, 1.807) is 0 Å². The van der Waals surface area contributed by atoms with Gasteiger partial charge in [-0.1, -0.05) is 198 Å². The number of fused-ring (bicyclic) bond motifs is 16. The summed E-state index contributed by atoms with van der Waals surface area (Å²) in [5.41, 5.74) is 19.9. The van der Waals surface area contributed by atoms with Crippen molar-refractivity contribution in [2.24, 2.45) is 0 Å². The molecule has 0 N–H and O–H groups in total. The Hall–Kier alpha value is -7.74. The number of hydrogen-bond acceptors (Lipinski definition) is 1. The van der Waals surface area contributed by atoms with Gasteiger partial charge in [-0.15, -0.1) is 0 Å². The van der Waals surface area contributed by atoms with Crippen LogP contribution < -0.4 is 0 Å². The highest BCUT2D eigenvalue weighted by atomic mass is 16.3. The zero-order valence-electron chi connectivity index (χ0n) is 36.9. The zero-order valence-corrected chi connectivity index (χ0v) is 36.9. The third kappa shape index (κ3) is 4.88. The molecule has 1 heteroatoms. The van der Waals surface area contributed by atoms with Gasteiger partial charge in [0.25, 0.3) is 0 Å². The predicted octanol–water partition coefficient (Wildman–Crippen LogP) is 17.8. The Morgan fingerprint density at radius 2 is 0.800 bits per heavy atom. The summed E-state index contributed by atoms with van der Waals surface area (Å²) in [7, 11) is 0. The highest BCUT2D eigenvalue weighted by Crippen LogP contribution is 2.58. The molecule has 0 aliphatic heterocycles. The molecule has 2 aliphatic rings. The zero-order chi connectivity index (χ0) is 43.3. The topological polar surface area (TPSA) is 13.1 Å². The molecule has 306 valence electrons. The van der Waals surface area contributed by atoms with E-state index in [1.807, 2.05) is 0 Å². The van der Waals surface area contributed by atoms with Crippen LogP contribution >= 0.6 is 0 Å². The smallest absolute Gasteiger partial charge is 0.143 e. The standard InChI is InChI=1S/C64H44O/c1-63(2)53-34-38(39-29-33-51-55(35-39)64(3,4)61-49-23-11-12-24-50(49)62-60(59(51)61)52-25-13-14-27-56(52)65-62)28-31-42(53)43-32-30-40(36-54(43)63)57-45-19-7-9-21-47(45)58(48-22-10-8-20-46(48)57)44-26-15-17-37-16-5-6-18-41(37)44/h5-36H,1-4H3. The molecule has 12 aromatic rings. The molecule has 0 bridgehead atoms. The number of para-hydroxylation sites is 1. The summed E-state index contributed by atoms with van der Waals surface area (Å²) in [6.45, 7) is 9.65. The van der Waals surface area contributed by atoms with E-state index in [-0.39, 0.29) is 10.8 Å². The Labute approximate surface area is 378 Å². The molecule has 1 heterocycles. The van der Waals surface area contributed by atoms with Crippen molar-refractivity contribution < 1.29 is 4.42 Å². The molecule has 0 amide bonds. The molecule has 65 heavy (non-hydrogen) atoms. The van der Waals surface area contributed by atoms with Crippen molar-refractivity contribution in [3.8, 4) is 55.6 Å². The van der Waals surface area contributed by atoms with Gasteiger partial charge in [-0.2, -0.15) is 0 Å². The highest BCUT2D eigenvalue weighted by molar-refractivity contribution is 6.25. The van der Waals surface area contributed by atoms with Crippen LogP contribution in [0.3, 0.4) is 0 Å². The van der Waals surface area contributed by atoms with E-state index in [1.165, 1.54) is 132 Å². The van der Waals surface area contributed by atoms with E-state index in [9.17, 15) is 0 Å². The lowest BCUT2D eigenvalue weighted by atomic mass is 9.78. The molecule has 0 fully saturated rings. The lowest BCUT2D eigenvalue weighted by Gasteiger charge is -2.24. The Balaban J connectivity index is 0.901.